The van der Waals surface area contributed by atoms with Gasteiger partial charge in [0.25, 0.3) is 0 Å². The number of carbonyl (C=O) groups is 1. The van der Waals surface area contributed by atoms with E-state index in [4.69, 9.17) is 22.1 Å². The van der Waals surface area contributed by atoms with Crippen molar-refractivity contribution in [3.63, 3.8) is 0 Å². The van der Waals surface area contributed by atoms with Gasteiger partial charge in [-0.3, -0.25) is 4.79 Å². The van der Waals surface area contributed by atoms with Gasteiger partial charge in [-0.1, -0.05) is 0 Å². The van der Waals surface area contributed by atoms with E-state index in [0.29, 0.717) is 12.1 Å². The Hall–Kier alpha value is 0.241. The second-order valence-electron chi connectivity index (χ2n) is 5.97. The average Bonchev–Trinajstić information content (AvgIpc) is 1.96. The normalized spacial score (nSPS) is 13.9. The molecule has 0 rings (SSSR count). The van der Waals surface area contributed by atoms with Crippen molar-refractivity contribution in [3.8, 4) is 0 Å². The van der Waals surface area contributed by atoms with Crippen molar-refractivity contribution in [2.75, 3.05) is 0 Å². The van der Waals surface area contributed by atoms with Gasteiger partial charge < -0.3 is 8.23 Å². The molecule has 0 aromatic carbocycles. The maximum absolute atomic E-state index is 11.0. The predicted molar refractivity (Wildman–Crippen MR) is 77.8 cm³/mol. The van der Waals surface area contributed by atoms with Crippen molar-refractivity contribution in [2.24, 2.45) is 0 Å². The van der Waals surface area contributed by atoms with Crippen LogP contribution in [0, 0.1) is 13.8 Å². The van der Waals surface area contributed by atoms with E-state index in [-0.39, 0.29) is 5.78 Å². The van der Waals surface area contributed by atoms with E-state index in [1.807, 2.05) is 26.2 Å². The highest BCUT2D eigenvalue weighted by Gasteiger charge is 2.39. The lowest BCUT2D eigenvalue weighted by Gasteiger charge is -2.38. The Bertz CT molecular complexity index is 275. The summed E-state index contributed by atoms with van der Waals surface area (Å²) in [5.74, 6) is -0.304. The van der Waals surface area contributed by atoms with Gasteiger partial charge >= 0.3 is 8.56 Å². The Morgan fingerprint density at radius 2 is 1.41 bits per heavy atom. The van der Waals surface area contributed by atoms with Crippen LogP contribution in [0.3, 0.4) is 0 Å². The monoisotopic (exact) mass is 288 g/mol. The molecule has 0 atom stereocenters. The number of hydrogen-bond donors (Lipinski definition) is 0. The second-order valence-corrected chi connectivity index (χ2v) is 18.2. The van der Waals surface area contributed by atoms with Gasteiger partial charge in [0.05, 0.1) is 0 Å². The Morgan fingerprint density at radius 3 is 1.76 bits per heavy atom. The quantitative estimate of drug-likeness (QED) is 0.675. The summed E-state index contributed by atoms with van der Waals surface area (Å²) in [5, 5.41) is 0. The minimum Gasteiger partial charge on any atom is -0.436 e. The van der Waals surface area contributed by atoms with Crippen LogP contribution in [0.4, 0.5) is 0 Å². The van der Waals surface area contributed by atoms with Crippen molar-refractivity contribution in [1.29, 1.82) is 0 Å². The SMILES string of the molecule is [CH]C[Si](C)(C)O[Si](C)(C)O[Si](C)(C)CC([CH])=O. The van der Waals surface area contributed by atoms with Gasteiger partial charge in [0.15, 0.2) is 16.6 Å². The topological polar surface area (TPSA) is 35.5 Å². The van der Waals surface area contributed by atoms with Crippen molar-refractivity contribution >= 4 is 31.0 Å². The molecule has 0 aliphatic rings. The number of carbonyl (C=O) groups excluding carboxylic acids is 1. The molecule has 0 aromatic rings. The molecule has 0 unspecified atom stereocenters. The van der Waals surface area contributed by atoms with Crippen molar-refractivity contribution in [1.82, 2.24) is 0 Å². The zero-order chi connectivity index (χ0) is 13.9. The molecule has 0 N–H and O–H groups in total. The molecule has 3 nitrogen and oxygen atoms in total. The van der Waals surface area contributed by atoms with E-state index in [1.165, 1.54) is 0 Å². The first-order valence-corrected chi connectivity index (χ1v) is 14.8. The predicted octanol–water partition coefficient (Wildman–Crippen LogP) is 3.12. The molecular formula is C11H24O3Si3. The summed E-state index contributed by atoms with van der Waals surface area (Å²) in [5.41, 5.74) is 0. The molecule has 0 aromatic heterocycles. The lowest BCUT2D eigenvalue weighted by atomic mass is 10.5. The summed E-state index contributed by atoms with van der Waals surface area (Å²) in [6.07, 6.45) is 0. The van der Waals surface area contributed by atoms with Gasteiger partial charge in [-0.25, -0.2) is 0 Å². The third-order valence-electron chi connectivity index (χ3n) is 2.14. The number of Topliss-reactive ketones (excluding diaryl/α,β-unsaturated/α-hetero) is 1. The van der Waals surface area contributed by atoms with E-state index >= 15 is 0 Å². The summed E-state index contributed by atoms with van der Waals surface area (Å²) in [4.78, 5) is 11.0. The molecule has 98 valence electrons. The first kappa shape index (κ1) is 17.2. The van der Waals surface area contributed by atoms with E-state index in [9.17, 15) is 4.79 Å². The smallest absolute Gasteiger partial charge is 0.311 e. The fraction of sp³-hybridized carbons (Fsp3) is 0.727. The number of rotatable bonds is 7. The van der Waals surface area contributed by atoms with E-state index in [0.717, 1.165) is 0 Å². The van der Waals surface area contributed by atoms with Crippen LogP contribution < -0.4 is 0 Å². The summed E-state index contributed by atoms with van der Waals surface area (Å²) in [7, 11) is -6.13. The van der Waals surface area contributed by atoms with Gasteiger partial charge in [-0.05, 0) is 52.2 Å². The molecule has 0 bridgehead atoms. The van der Waals surface area contributed by atoms with E-state index in [1.54, 1.807) is 0 Å². The Kier molecular flexibility index (Phi) is 6.01. The van der Waals surface area contributed by atoms with Gasteiger partial charge in [-0.2, -0.15) is 0 Å². The van der Waals surface area contributed by atoms with Gasteiger partial charge in [0, 0.05) is 13.0 Å². The third-order valence-corrected chi connectivity index (χ3v) is 12.7. The lowest BCUT2D eigenvalue weighted by Crippen LogP contribution is -2.52. The molecule has 0 aliphatic heterocycles. The largest absolute Gasteiger partial charge is 0.436 e. The summed E-state index contributed by atoms with van der Waals surface area (Å²) < 4.78 is 12.2. The van der Waals surface area contributed by atoms with Gasteiger partial charge in [0.2, 0.25) is 0 Å². The molecular weight excluding hydrogens is 264 g/mol. The third kappa shape index (κ3) is 8.04. The Balaban J connectivity index is 4.58. The molecule has 0 saturated carbocycles. The van der Waals surface area contributed by atoms with Crippen molar-refractivity contribution < 1.29 is 13.0 Å². The average molecular weight is 289 g/mol. The summed E-state index contributed by atoms with van der Waals surface area (Å²) >= 11 is 0. The minimum absolute atomic E-state index is 0.304. The molecule has 0 amide bonds. The second kappa shape index (κ2) is 5.92. The lowest BCUT2D eigenvalue weighted by molar-refractivity contribution is -0.113. The highest BCUT2D eigenvalue weighted by Crippen LogP contribution is 2.24. The fourth-order valence-corrected chi connectivity index (χ4v) is 14.5. The molecule has 17 heavy (non-hydrogen) atoms. The molecule has 0 spiro atoms. The first-order valence-electron chi connectivity index (χ1n) is 5.78. The molecule has 0 saturated heterocycles. The van der Waals surface area contributed by atoms with E-state index < -0.39 is 25.2 Å². The molecule has 0 aliphatic carbocycles. The number of hydrogen-bond acceptors (Lipinski definition) is 3. The fourth-order valence-electron chi connectivity index (χ4n) is 1.85. The summed E-state index contributed by atoms with van der Waals surface area (Å²) in [6.45, 7) is 23.1. The van der Waals surface area contributed by atoms with Crippen LogP contribution in [0.25, 0.3) is 0 Å². The van der Waals surface area contributed by atoms with Crippen LogP contribution in [-0.2, 0) is 13.0 Å². The molecule has 0 heterocycles. The highest BCUT2D eigenvalue weighted by atomic mass is 28.5. The van der Waals surface area contributed by atoms with Crippen LogP contribution in [0.5, 0.6) is 0 Å². The highest BCUT2D eigenvalue weighted by molar-refractivity contribution is 6.88. The maximum atomic E-state index is 11.0. The zero-order valence-corrected chi connectivity index (χ0v) is 14.8. The Labute approximate surface area is 109 Å². The van der Waals surface area contributed by atoms with Crippen LogP contribution in [-0.4, -0.2) is 31.0 Å². The van der Waals surface area contributed by atoms with Crippen molar-refractivity contribution in [2.45, 2.75) is 51.4 Å². The van der Waals surface area contributed by atoms with Crippen LogP contribution in [0.2, 0.25) is 51.4 Å². The number of ketones is 1. The van der Waals surface area contributed by atoms with Gasteiger partial charge in [-0.15, -0.1) is 0 Å². The zero-order valence-electron chi connectivity index (χ0n) is 11.8. The van der Waals surface area contributed by atoms with E-state index in [2.05, 4.69) is 13.1 Å². The maximum Gasteiger partial charge on any atom is 0.311 e. The van der Waals surface area contributed by atoms with Crippen LogP contribution in [0.1, 0.15) is 0 Å². The first-order chi connectivity index (χ1) is 7.39. The molecule has 4 radical (unpaired) electrons. The standard InChI is InChI=1S/C11H24O3Si3/c1-9-15(3,4)13-17(7,8)14-16(5,6)10-11(2)12/h1-2H,9-10H2,3-8H3. The molecule has 6 heteroatoms. The van der Waals surface area contributed by atoms with Crippen LogP contribution >= 0.6 is 0 Å². The molecule has 0 fully saturated rings. The van der Waals surface area contributed by atoms with Crippen molar-refractivity contribution in [3.05, 3.63) is 13.8 Å². The van der Waals surface area contributed by atoms with Gasteiger partial charge in [0.1, 0.15) is 5.78 Å². The summed E-state index contributed by atoms with van der Waals surface area (Å²) in [6, 6.07) is 0.905. The Morgan fingerprint density at radius 1 is 1.00 bits per heavy atom. The van der Waals surface area contributed by atoms with Crippen LogP contribution in [0.15, 0.2) is 0 Å². The minimum atomic E-state index is -2.23.